The lowest BCUT2D eigenvalue weighted by atomic mass is 10.2. The molecule has 0 saturated carbocycles. The lowest BCUT2D eigenvalue weighted by Gasteiger charge is -1.96. The van der Waals surface area contributed by atoms with Gasteiger partial charge in [0.2, 0.25) is 0 Å². The molecule has 0 fully saturated rings. The van der Waals surface area contributed by atoms with Crippen LogP contribution in [0.15, 0.2) is 35.3 Å². The molecule has 0 aliphatic heterocycles. The highest BCUT2D eigenvalue weighted by molar-refractivity contribution is 5.78. The number of H-pyrrole nitrogens is 1. The number of fused-ring (bicyclic) bond motifs is 2. The predicted molar refractivity (Wildman–Crippen MR) is 51.1 cm³/mol. The van der Waals surface area contributed by atoms with E-state index in [0.29, 0.717) is 5.78 Å². The van der Waals surface area contributed by atoms with Crippen LogP contribution in [0.25, 0.3) is 16.7 Å². The first-order chi connectivity index (χ1) is 6.83. The minimum absolute atomic E-state index is 0.382. The summed E-state index contributed by atoms with van der Waals surface area (Å²) < 4.78 is 1.52. The number of nitrogens with one attached hydrogen (secondary N) is 1. The summed E-state index contributed by atoms with van der Waals surface area (Å²) in [5, 5.41) is 3.50. The first-order valence-electron chi connectivity index (χ1n) is 4.17. The maximum absolute atomic E-state index is 10.9. The van der Waals surface area contributed by atoms with Crippen molar-refractivity contribution in [2.24, 2.45) is 0 Å². The SMILES string of the molecule is O=c1nc2nc3ccccc3cn2[nH]1. The van der Waals surface area contributed by atoms with E-state index in [1.165, 1.54) is 4.52 Å². The quantitative estimate of drug-likeness (QED) is 0.558. The highest BCUT2D eigenvalue weighted by Crippen LogP contribution is 2.09. The molecule has 5 heteroatoms. The van der Waals surface area contributed by atoms with Gasteiger partial charge in [0.05, 0.1) is 5.52 Å². The smallest absolute Gasteiger partial charge is 0.244 e. The number of aromatic amines is 1. The Hall–Kier alpha value is -2.17. The third kappa shape index (κ3) is 0.922. The molecule has 2 heterocycles. The molecule has 0 atom stereocenters. The monoisotopic (exact) mass is 186 g/mol. The fourth-order valence-corrected chi connectivity index (χ4v) is 1.44. The van der Waals surface area contributed by atoms with Crippen molar-refractivity contribution in [3.05, 3.63) is 40.9 Å². The van der Waals surface area contributed by atoms with E-state index in [4.69, 9.17) is 0 Å². The van der Waals surface area contributed by atoms with Gasteiger partial charge >= 0.3 is 5.69 Å². The minimum Gasteiger partial charge on any atom is -0.244 e. The third-order valence-corrected chi connectivity index (χ3v) is 2.06. The summed E-state index contributed by atoms with van der Waals surface area (Å²) in [6, 6.07) is 7.63. The average Bonchev–Trinajstić information content (AvgIpc) is 2.53. The van der Waals surface area contributed by atoms with Gasteiger partial charge in [0.25, 0.3) is 5.78 Å². The molecular weight excluding hydrogens is 180 g/mol. The van der Waals surface area contributed by atoms with Crippen LogP contribution in [-0.4, -0.2) is 19.6 Å². The van der Waals surface area contributed by atoms with Crippen molar-refractivity contribution in [2.45, 2.75) is 0 Å². The summed E-state index contributed by atoms with van der Waals surface area (Å²) in [4.78, 5) is 18.9. The van der Waals surface area contributed by atoms with Crippen molar-refractivity contribution in [3.63, 3.8) is 0 Å². The van der Waals surface area contributed by atoms with Gasteiger partial charge in [0.1, 0.15) is 0 Å². The topological polar surface area (TPSA) is 63.1 Å². The van der Waals surface area contributed by atoms with Crippen molar-refractivity contribution >= 4 is 16.7 Å². The maximum atomic E-state index is 10.9. The van der Waals surface area contributed by atoms with Gasteiger partial charge in [-0.25, -0.2) is 19.4 Å². The molecule has 1 N–H and O–H groups in total. The molecule has 14 heavy (non-hydrogen) atoms. The molecule has 3 rings (SSSR count). The number of benzene rings is 1. The van der Waals surface area contributed by atoms with Crippen LogP contribution in [0.4, 0.5) is 0 Å². The molecule has 0 amide bonds. The Kier molecular flexibility index (Phi) is 1.25. The summed E-state index contributed by atoms with van der Waals surface area (Å²) in [5.74, 6) is 0.397. The van der Waals surface area contributed by atoms with Crippen LogP contribution in [0.1, 0.15) is 0 Å². The highest BCUT2D eigenvalue weighted by Gasteiger charge is 2.00. The maximum Gasteiger partial charge on any atom is 0.363 e. The van der Waals surface area contributed by atoms with Gasteiger partial charge in [-0.15, -0.1) is 0 Å². The lowest BCUT2D eigenvalue weighted by Crippen LogP contribution is -2.01. The molecule has 68 valence electrons. The number of hydrogen-bond acceptors (Lipinski definition) is 3. The first-order valence-corrected chi connectivity index (χ1v) is 4.17. The Labute approximate surface area is 78.0 Å². The molecule has 1 aromatic carbocycles. The molecule has 0 aliphatic carbocycles. The van der Waals surface area contributed by atoms with E-state index in [1.54, 1.807) is 6.20 Å². The normalized spacial score (nSPS) is 11.1. The molecule has 0 spiro atoms. The largest absolute Gasteiger partial charge is 0.363 e. The van der Waals surface area contributed by atoms with Crippen LogP contribution in [0.5, 0.6) is 0 Å². The predicted octanol–water partition coefficient (Wildman–Crippen LogP) is 0.571. The molecule has 0 unspecified atom stereocenters. The highest BCUT2D eigenvalue weighted by atomic mass is 16.1. The molecule has 2 aromatic heterocycles. The van der Waals surface area contributed by atoms with E-state index in [9.17, 15) is 4.79 Å². The second-order valence-corrected chi connectivity index (χ2v) is 3.00. The minimum atomic E-state index is -0.382. The average molecular weight is 186 g/mol. The van der Waals surface area contributed by atoms with E-state index >= 15 is 0 Å². The van der Waals surface area contributed by atoms with Crippen molar-refractivity contribution in [1.29, 1.82) is 0 Å². The van der Waals surface area contributed by atoms with E-state index in [0.717, 1.165) is 10.9 Å². The van der Waals surface area contributed by atoms with Crippen LogP contribution in [-0.2, 0) is 0 Å². The van der Waals surface area contributed by atoms with Crippen molar-refractivity contribution in [1.82, 2.24) is 19.6 Å². The molecule has 0 bridgehead atoms. The molecule has 0 aliphatic rings. The van der Waals surface area contributed by atoms with E-state index in [1.807, 2.05) is 24.3 Å². The van der Waals surface area contributed by atoms with Crippen LogP contribution >= 0.6 is 0 Å². The molecule has 3 aromatic rings. The molecule has 0 radical (unpaired) electrons. The summed E-state index contributed by atoms with van der Waals surface area (Å²) in [6.07, 6.45) is 1.80. The van der Waals surface area contributed by atoms with Crippen molar-refractivity contribution in [3.8, 4) is 0 Å². The summed E-state index contributed by atoms with van der Waals surface area (Å²) in [6.45, 7) is 0. The Balaban J connectivity index is 2.57. The Morgan fingerprint density at radius 2 is 2.07 bits per heavy atom. The second-order valence-electron chi connectivity index (χ2n) is 3.00. The number of hydrogen-bond donors (Lipinski definition) is 1. The standard InChI is InChI=1S/C9H6N4O/c14-9-11-8-10-7-4-2-1-3-6(7)5-13(8)12-9/h1-5H,(H,12,14). The van der Waals surface area contributed by atoms with Crippen LogP contribution < -0.4 is 5.69 Å². The van der Waals surface area contributed by atoms with Gasteiger partial charge in [-0.05, 0) is 6.07 Å². The van der Waals surface area contributed by atoms with E-state index in [2.05, 4.69) is 15.1 Å². The lowest BCUT2D eigenvalue weighted by molar-refractivity contribution is 0.930. The van der Waals surface area contributed by atoms with Crippen molar-refractivity contribution < 1.29 is 0 Å². The van der Waals surface area contributed by atoms with E-state index < -0.39 is 0 Å². The zero-order valence-electron chi connectivity index (χ0n) is 7.14. The fourth-order valence-electron chi connectivity index (χ4n) is 1.44. The van der Waals surface area contributed by atoms with Gasteiger partial charge in [-0.1, -0.05) is 18.2 Å². The zero-order valence-corrected chi connectivity index (χ0v) is 7.14. The van der Waals surface area contributed by atoms with Gasteiger partial charge in [-0.2, -0.15) is 4.98 Å². The number of nitrogens with zero attached hydrogens (tertiary/aromatic N) is 3. The van der Waals surface area contributed by atoms with Gasteiger partial charge in [0, 0.05) is 11.6 Å². The zero-order chi connectivity index (χ0) is 9.54. The van der Waals surface area contributed by atoms with Crippen LogP contribution in [0, 0.1) is 0 Å². The van der Waals surface area contributed by atoms with Gasteiger partial charge in [-0.3, -0.25) is 0 Å². The molecule has 5 nitrogen and oxygen atoms in total. The number of aromatic nitrogens is 4. The summed E-state index contributed by atoms with van der Waals surface area (Å²) in [5.41, 5.74) is 0.451. The van der Waals surface area contributed by atoms with Crippen molar-refractivity contribution in [2.75, 3.05) is 0 Å². The fraction of sp³-hybridized carbons (Fsp3) is 0. The number of para-hydroxylation sites is 1. The van der Waals surface area contributed by atoms with Gasteiger partial charge < -0.3 is 0 Å². The van der Waals surface area contributed by atoms with Gasteiger partial charge in [0.15, 0.2) is 0 Å². The summed E-state index contributed by atoms with van der Waals surface area (Å²) in [7, 11) is 0. The summed E-state index contributed by atoms with van der Waals surface area (Å²) >= 11 is 0. The molecular formula is C9H6N4O. The Morgan fingerprint density at radius 3 is 3.00 bits per heavy atom. The van der Waals surface area contributed by atoms with Crippen LogP contribution in [0.3, 0.4) is 0 Å². The van der Waals surface area contributed by atoms with Crippen LogP contribution in [0.2, 0.25) is 0 Å². The molecule has 0 saturated heterocycles. The first kappa shape index (κ1) is 7.25. The van der Waals surface area contributed by atoms with E-state index in [-0.39, 0.29) is 5.69 Å². The third-order valence-electron chi connectivity index (χ3n) is 2.06. The Bertz CT molecular complexity index is 611. The second kappa shape index (κ2) is 2.41. The number of rotatable bonds is 0. The Morgan fingerprint density at radius 1 is 1.21 bits per heavy atom.